The number of hydrogen-bond acceptors (Lipinski definition) is 5. The number of fused-ring (bicyclic) bond motifs is 1. The van der Waals surface area contributed by atoms with Gasteiger partial charge in [-0.1, -0.05) is 12.1 Å². The molecule has 0 radical (unpaired) electrons. The van der Waals surface area contributed by atoms with E-state index in [2.05, 4.69) is 78.3 Å². The van der Waals surface area contributed by atoms with Crippen LogP contribution in [0.1, 0.15) is 26.3 Å². The number of hydrogen-bond donors (Lipinski definition) is 2. The van der Waals surface area contributed by atoms with E-state index in [0.717, 1.165) is 23.4 Å². The second kappa shape index (κ2) is 6.81. The highest BCUT2D eigenvalue weighted by atomic mass is 32.2. The number of nitrogens with zero attached hydrogens (tertiary/aromatic N) is 1. The molecule has 2 aromatic carbocycles. The van der Waals surface area contributed by atoms with E-state index in [-0.39, 0.29) is 4.75 Å². The summed E-state index contributed by atoms with van der Waals surface area (Å²) in [6.07, 6.45) is 0. The fraction of sp³-hybridized carbons (Fsp3) is 0.278. The zero-order valence-corrected chi connectivity index (χ0v) is 15.2. The summed E-state index contributed by atoms with van der Waals surface area (Å²) in [6.45, 7) is 7.41. The van der Waals surface area contributed by atoms with Crippen molar-refractivity contribution in [2.24, 2.45) is 0 Å². The predicted octanol–water partition coefficient (Wildman–Crippen LogP) is 5.77. The lowest BCUT2D eigenvalue weighted by molar-refractivity contribution is 0.806. The maximum absolute atomic E-state index is 4.30. The molecule has 0 saturated heterocycles. The summed E-state index contributed by atoms with van der Waals surface area (Å²) in [5.41, 5.74) is 6.48. The Bertz CT molecular complexity index is 773. The first-order valence-corrected chi connectivity index (χ1v) is 9.29. The van der Waals surface area contributed by atoms with Crippen LogP contribution in [0.3, 0.4) is 0 Å². The van der Waals surface area contributed by atoms with Gasteiger partial charge in [-0.3, -0.25) is 0 Å². The van der Waals surface area contributed by atoms with Crippen LogP contribution in [0.15, 0.2) is 48.0 Å². The molecule has 1 heterocycles. The lowest BCUT2D eigenvalue weighted by Gasteiger charge is -2.18. The van der Waals surface area contributed by atoms with Crippen molar-refractivity contribution in [2.45, 2.75) is 32.1 Å². The van der Waals surface area contributed by atoms with E-state index in [9.17, 15) is 0 Å². The molecule has 1 aromatic heterocycles. The number of thiazole rings is 1. The molecule has 0 saturated carbocycles. The largest absolute Gasteiger partial charge is 0.381 e. The molecule has 0 aliphatic rings. The Morgan fingerprint density at radius 1 is 1.04 bits per heavy atom. The normalized spacial score (nSPS) is 11.6. The highest BCUT2D eigenvalue weighted by Crippen LogP contribution is 2.25. The first-order valence-electron chi connectivity index (χ1n) is 7.60. The monoisotopic (exact) mass is 343 g/mol. The molecule has 3 aromatic rings. The van der Waals surface area contributed by atoms with Crippen LogP contribution < -0.4 is 10.0 Å². The maximum Gasteiger partial charge on any atom is 0.0813 e. The van der Waals surface area contributed by atoms with Gasteiger partial charge in [0.05, 0.1) is 15.7 Å². The fourth-order valence-corrected chi connectivity index (χ4v) is 3.35. The molecule has 0 unspecified atom stereocenters. The molecule has 0 aliphatic heterocycles. The standard InChI is InChI=1S/C18H21N3S2/c1-18(2,3)23-21-14-6-4-13(5-7-14)11-19-15-8-9-16-17(10-15)22-12-20-16/h4-10,12,19,21H,11H2,1-3H3. The molecule has 0 spiro atoms. The van der Waals surface area contributed by atoms with Crippen molar-refractivity contribution >= 4 is 44.9 Å². The summed E-state index contributed by atoms with van der Waals surface area (Å²) in [4.78, 5) is 4.30. The smallest absolute Gasteiger partial charge is 0.0813 e. The number of anilines is 2. The molecular weight excluding hydrogens is 322 g/mol. The van der Waals surface area contributed by atoms with E-state index >= 15 is 0 Å². The van der Waals surface area contributed by atoms with Gasteiger partial charge in [0.1, 0.15) is 0 Å². The van der Waals surface area contributed by atoms with Crippen LogP contribution in [-0.2, 0) is 6.54 Å². The molecular formula is C18H21N3S2. The van der Waals surface area contributed by atoms with Crippen LogP contribution in [0.2, 0.25) is 0 Å². The first kappa shape index (κ1) is 16.1. The van der Waals surface area contributed by atoms with Crippen molar-refractivity contribution in [1.82, 2.24) is 4.98 Å². The fourth-order valence-electron chi connectivity index (χ4n) is 2.07. The third kappa shape index (κ3) is 4.62. The molecule has 120 valence electrons. The molecule has 0 atom stereocenters. The van der Waals surface area contributed by atoms with Crippen LogP contribution in [-0.4, -0.2) is 9.73 Å². The molecule has 0 aliphatic carbocycles. The van der Waals surface area contributed by atoms with Gasteiger partial charge in [-0.25, -0.2) is 4.98 Å². The van der Waals surface area contributed by atoms with E-state index < -0.39 is 0 Å². The minimum absolute atomic E-state index is 0.204. The summed E-state index contributed by atoms with van der Waals surface area (Å²) < 4.78 is 4.81. The van der Waals surface area contributed by atoms with Crippen molar-refractivity contribution in [3.63, 3.8) is 0 Å². The predicted molar refractivity (Wildman–Crippen MR) is 104 cm³/mol. The second-order valence-corrected chi connectivity index (χ2v) is 8.92. The Balaban J connectivity index is 1.57. The number of nitrogens with one attached hydrogen (secondary N) is 2. The Morgan fingerprint density at radius 3 is 2.52 bits per heavy atom. The van der Waals surface area contributed by atoms with Crippen LogP contribution in [0, 0.1) is 0 Å². The third-order valence-corrected chi connectivity index (χ3v) is 5.00. The average Bonchev–Trinajstić information content (AvgIpc) is 2.99. The highest BCUT2D eigenvalue weighted by molar-refractivity contribution is 8.01. The van der Waals surface area contributed by atoms with Crippen LogP contribution >= 0.6 is 23.3 Å². The lowest BCUT2D eigenvalue weighted by Crippen LogP contribution is -2.10. The van der Waals surface area contributed by atoms with Gasteiger partial charge in [0.2, 0.25) is 0 Å². The van der Waals surface area contributed by atoms with E-state index in [0.29, 0.717) is 0 Å². The van der Waals surface area contributed by atoms with E-state index in [1.54, 1.807) is 23.3 Å². The highest BCUT2D eigenvalue weighted by Gasteiger charge is 2.10. The van der Waals surface area contributed by atoms with Gasteiger partial charge in [0.25, 0.3) is 0 Å². The summed E-state index contributed by atoms with van der Waals surface area (Å²) in [6, 6.07) is 14.9. The van der Waals surface area contributed by atoms with Gasteiger partial charge in [0.15, 0.2) is 0 Å². The molecule has 3 nitrogen and oxygen atoms in total. The summed E-state index contributed by atoms with van der Waals surface area (Å²) >= 11 is 3.41. The zero-order chi connectivity index (χ0) is 16.3. The lowest BCUT2D eigenvalue weighted by atomic mass is 10.2. The molecule has 0 amide bonds. The molecule has 0 fully saturated rings. The van der Waals surface area contributed by atoms with E-state index in [1.165, 1.54) is 10.3 Å². The third-order valence-electron chi connectivity index (χ3n) is 3.26. The number of rotatable bonds is 5. The molecule has 0 bridgehead atoms. The van der Waals surface area contributed by atoms with Gasteiger partial charge < -0.3 is 10.0 Å². The summed E-state index contributed by atoms with van der Waals surface area (Å²) in [7, 11) is 0. The van der Waals surface area contributed by atoms with Gasteiger partial charge in [-0.15, -0.1) is 11.3 Å². The van der Waals surface area contributed by atoms with Gasteiger partial charge >= 0.3 is 0 Å². The summed E-state index contributed by atoms with van der Waals surface area (Å²) in [5.74, 6) is 0. The van der Waals surface area contributed by atoms with Crippen molar-refractivity contribution in [2.75, 3.05) is 10.0 Å². The molecule has 5 heteroatoms. The van der Waals surface area contributed by atoms with Crippen LogP contribution in [0.5, 0.6) is 0 Å². The number of benzene rings is 2. The van der Waals surface area contributed by atoms with Crippen molar-refractivity contribution < 1.29 is 0 Å². The number of aromatic nitrogens is 1. The Morgan fingerprint density at radius 2 is 1.78 bits per heavy atom. The quantitative estimate of drug-likeness (QED) is 0.577. The Hall–Kier alpha value is -1.72. The van der Waals surface area contributed by atoms with E-state index in [4.69, 9.17) is 0 Å². The second-order valence-electron chi connectivity index (χ2n) is 6.40. The van der Waals surface area contributed by atoms with Crippen molar-refractivity contribution in [1.29, 1.82) is 0 Å². The topological polar surface area (TPSA) is 37.0 Å². The van der Waals surface area contributed by atoms with Crippen molar-refractivity contribution in [3.8, 4) is 0 Å². The molecule has 2 N–H and O–H groups in total. The van der Waals surface area contributed by atoms with Gasteiger partial charge in [-0.2, -0.15) is 0 Å². The zero-order valence-electron chi connectivity index (χ0n) is 13.6. The van der Waals surface area contributed by atoms with Crippen LogP contribution in [0.4, 0.5) is 11.4 Å². The summed E-state index contributed by atoms with van der Waals surface area (Å²) in [5, 5.41) is 3.47. The Kier molecular flexibility index (Phi) is 4.78. The molecule has 3 rings (SSSR count). The maximum atomic E-state index is 4.30. The SMILES string of the molecule is CC(C)(C)SNc1ccc(CNc2ccc3ncsc3c2)cc1. The van der Waals surface area contributed by atoms with Gasteiger partial charge in [0, 0.05) is 22.7 Å². The van der Waals surface area contributed by atoms with E-state index in [1.807, 2.05) is 5.51 Å². The van der Waals surface area contributed by atoms with Crippen LogP contribution in [0.25, 0.3) is 10.2 Å². The minimum atomic E-state index is 0.204. The minimum Gasteiger partial charge on any atom is -0.381 e. The van der Waals surface area contributed by atoms with Crippen molar-refractivity contribution in [3.05, 3.63) is 53.5 Å². The Labute approximate surface area is 145 Å². The molecule has 23 heavy (non-hydrogen) atoms. The van der Waals surface area contributed by atoms with Gasteiger partial charge in [-0.05, 0) is 68.6 Å². The average molecular weight is 344 g/mol. The first-order chi connectivity index (χ1) is 11.0.